The van der Waals surface area contributed by atoms with Gasteiger partial charge in [-0.15, -0.1) is 0 Å². The van der Waals surface area contributed by atoms with Crippen LogP contribution in [0.4, 0.5) is 0 Å². The third-order valence-electron chi connectivity index (χ3n) is 4.60. The molecule has 7 nitrogen and oxygen atoms in total. The predicted molar refractivity (Wildman–Crippen MR) is 106 cm³/mol. The van der Waals surface area contributed by atoms with Gasteiger partial charge in [-0.3, -0.25) is 4.79 Å². The van der Waals surface area contributed by atoms with Gasteiger partial charge in [0.05, 0.1) is 12.9 Å². The van der Waals surface area contributed by atoms with Crippen molar-refractivity contribution in [1.29, 1.82) is 0 Å². The summed E-state index contributed by atoms with van der Waals surface area (Å²) >= 11 is 0. The van der Waals surface area contributed by atoms with Crippen molar-refractivity contribution in [3.63, 3.8) is 0 Å². The molecule has 28 heavy (non-hydrogen) atoms. The summed E-state index contributed by atoms with van der Waals surface area (Å²) in [6, 6.07) is 14.9. The average Bonchev–Trinajstić information content (AvgIpc) is 2.72. The Balaban J connectivity index is 1.46. The van der Waals surface area contributed by atoms with Gasteiger partial charge in [0.2, 0.25) is 10.0 Å². The molecular formula is C20H24N2O5S. The Morgan fingerprint density at radius 1 is 1.07 bits per heavy atom. The van der Waals surface area contributed by atoms with Gasteiger partial charge in [-0.1, -0.05) is 36.4 Å². The van der Waals surface area contributed by atoms with E-state index in [1.54, 1.807) is 24.3 Å². The zero-order chi connectivity index (χ0) is 20.0. The van der Waals surface area contributed by atoms with Crippen LogP contribution in [0.15, 0.2) is 48.5 Å². The number of fused-ring (bicyclic) bond motifs is 1. The van der Waals surface area contributed by atoms with Crippen LogP contribution < -0.4 is 14.8 Å². The summed E-state index contributed by atoms with van der Waals surface area (Å²) in [6.45, 7) is 0.666. The number of benzene rings is 2. The SMILES string of the molecule is COc1ccccc1OCC(=O)NCCS(=O)(=O)N1CCc2ccccc2C1. The Hall–Kier alpha value is -2.58. The Morgan fingerprint density at radius 3 is 2.50 bits per heavy atom. The molecule has 0 fully saturated rings. The standard InChI is InChI=1S/C20H24N2O5S/c1-26-18-8-4-5-9-19(18)27-15-20(23)21-11-13-28(24,25)22-12-10-16-6-2-3-7-17(16)14-22/h2-9H,10-15H2,1H3,(H,21,23). The lowest BCUT2D eigenvalue weighted by atomic mass is 10.0. The van der Waals surface area contributed by atoms with Crippen molar-refractivity contribution in [3.05, 3.63) is 59.7 Å². The lowest BCUT2D eigenvalue weighted by molar-refractivity contribution is -0.122. The van der Waals surface area contributed by atoms with Gasteiger partial charge in [0, 0.05) is 19.6 Å². The van der Waals surface area contributed by atoms with Crippen molar-refractivity contribution in [2.45, 2.75) is 13.0 Å². The second-order valence-electron chi connectivity index (χ2n) is 6.46. The number of carbonyl (C=O) groups is 1. The maximum atomic E-state index is 12.6. The van der Waals surface area contributed by atoms with Crippen LogP contribution in [0, 0.1) is 0 Å². The Bertz CT molecular complexity index is 930. The number of amides is 1. The monoisotopic (exact) mass is 404 g/mol. The van der Waals surface area contributed by atoms with Crippen LogP contribution in [0.5, 0.6) is 11.5 Å². The van der Waals surface area contributed by atoms with Gasteiger partial charge in [0.25, 0.3) is 5.91 Å². The number of nitrogens with one attached hydrogen (secondary N) is 1. The summed E-state index contributed by atoms with van der Waals surface area (Å²) in [5.41, 5.74) is 2.22. The lowest BCUT2D eigenvalue weighted by Crippen LogP contribution is -2.41. The van der Waals surface area contributed by atoms with E-state index in [-0.39, 0.29) is 24.8 Å². The molecule has 1 heterocycles. The fourth-order valence-electron chi connectivity index (χ4n) is 3.09. The number of rotatable bonds is 8. The molecule has 2 aromatic rings. The van der Waals surface area contributed by atoms with Gasteiger partial charge in [-0.2, -0.15) is 4.31 Å². The lowest BCUT2D eigenvalue weighted by Gasteiger charge is -2.28. The number of ether oxygens (including phenoxy) is 2. The molecule has 8 heteroatoms. The van der Waals surface area contributed by atoms with E-state index < -0.39 is 10.0 Å². The first-order valence-electron chi connectivity index (χ1n) is 9.07. The van der Waals surface area contributed by atoms with E-state index in [2.05, 4.69) is 5.32 Å². The normalized spacial score (nSPS) is 14.2. The van der Waals surface area contributed by atoms with Gasteiger partial charge in [-0.05, 0) is 29.7 Å². The van der Waals surface area contributed by atoms with Crippen molar-refractivity contribution < 1.29 is 22.7 Å². The molecule has 0 spiro atoms. The van der Waals surface area contributed by atoms with E-state index in [0.29, 0.717) is 31.0 Å². The van der Waals surface area contributed by atoms with Crippen LogP contribution in [0.1, 0.15) is 11.1 Å². The minimum absolute atomic E-state index is 0.0363. The first-order chi connectivity index (χ1) is 13.5. The Kier molecular flexibility index (Phi) is 6.53. The Labute approximate surface area is 165 Å². The second-order valence-corrected chi connectivity index (χ2v) is 8.55. The van der Waals surface area contributed by atoms with Gasteiger partial charge in [0.15, 0.2) is 18.1 Å². The quantitative estimate of drug-likeness (QED) is 0.722. The van der Waals surface area contributed by atoms with E-state index in [4.69, 9.17) is 9.47 Å². The van der Waals surface area contributed by atoms with Crippen molar-refractivity contribution in [3.8, 4) is 11.5 Å². The molecule has 0 bridgehead atoms. The van der Waals surface area contributed by atoms with Crippen LogP contribution in [0.3, 0.4) is 0 Å². The summed E-state index contributed by atoms with van der Waals surface area (Å²) in [6.07, 6.45) is 0.703. The minimum Gasteiger partial charge on any atom is -0.493 e. The highest BCUT2D eigenvalue weighted by atomic mass is 32.2. The van der Waals surface area contributed by atoms with Crippen LogP contribution >= 0.6 is 0 Å². The van der Waals surface area contributed by atoms with Crippen molar-refractivity contribution in [1.82, 2.24) is 9.62 Å². The van der Waals surface area contributed by atoms with E-state index >= 15 is 0 Å². The molecule has 1 N–H and O–H groups in total. The van der Waals surface area contributed by atoms with Crippen molar-refractivity contribution >= 4 is 15.9 Å². The van der Waals surface area contributed by atoms with Gasteiger partial charge in [-0.25, -0.2) is 8.42 Å². The third-order valence-corrected chi connectivity index (χ3v) is 6.42. The summed E-state index contributed by atoms with van der Waals surface area (Å²) in [5.74, 6) is 0.461. The molecule has 2 aromatic carbocycles. The average molecular weight is 404 g/mol. The highest BCUT2D eigenvalue weighted by molar-refractivity contribution is 7.89. The molecule has 150 valence electrons. The van der Waals surface area contributed by atoms with Crippen LogP contribution in [0.25, 0.3) is 0 Å². The van der Waals surface area contributed by atoms with Crippen molar-refractivity contribution in [2.75, 3.05) is 32.6 Å². The van der Waals surface area contributed by atoms with E-state index in [9.17, 15) is 13.2 Å². The topological polar surface area (TPSA) is 84.9 Å². The number of nitrogens with zero attached hydrogens (tertiary/aromatic N) is 1. The number of carbonyl (C=O) groups excluding carboxylic acids is 1. The summed E-state index contributed by atoms with van der Waals surface area (Å²) in [4.78, 5) is 12.0. The zero-order valence-electron chi connectivity index (χ0n) is 15.8. The molecule has 1 aliphatic rings. The molecule has 0 aliphatic carbocycles. The van der Waals surface area contributed by atoms with Crippen LogP contribution in [0.2, 0.25) is 0 Å². The number of para-hydroxylation sites is 2. The van der Waals surface area contributed by atoms with Crippen molar-refractivity contribution in [2.24, 2.45) is 0 Å². The molecule has 0 aromatic heterocycles. The maximum absolute atomic E-state index is 12.6. The predicted octanol–water partition coefficient (Wildman–Crippen LogP) is 1.58. The van der Waals surface area contributed by atoms with Crippen LogP contribution in [-0.4, -0.2) is 51.2 Å². The summed E-state index contributed by atoms with van der Waals surface area (Å²) in [5, 5.41) is 2.59. The molecule has 0 atom stereocenters. The highest BCUT2D eigenvalue weighted by Gasteiger charge is 2.26. The number of methoxy groups -OCH3 is 1. The smallest absolute Gasteiger partial charge is 0.257 e. The first kappa shape index (κ1) is 20.2. The number of hydrogen-bond acceptors (Lipinski definition) is 5. The molecule has 1 aliphatic heterocycles. The fraction of sp³-hybridized carbons (Fsp3) is 0.350. The summed E-state index contributed by atoms with van der Waals surface area (Å²) in [7, 11) is -1.92. The summed E-state index contributed by atoms with van der Waals surface area (Å²) < 4.78 is 37.2. The molecule has 0 saturated carbocycles. The number of hydrogen-bond donors (Lipinski definition) is 1. The Morgan fingerprint density at radius 2 is 1.75 bits per heavy atom. The number of sulfonamides is 1. The molecule has 0 saturated heterocycles. The molecular weight excluding hydrogens is 380 g/mol. The largest absolute Gasteiger partial charge is 0.493 e. The van der Waals surface area contributed by atoms with Gasteiger partial charge < -0.3 is 14.8 Å². The molecule has 0 radical (unpaired) electrons. The maximum Gasteiger partial charge on any atom is 0.257 e. The molecule has 1 amide bonds. The van der Waals surface area contributed by atoms with E-state index in [1.807, 2.05) is 24.3 Å². The highest BCUT2D eigenvalue weighted by Crippen LogP contribution is 2.25. The van der Waals surface area contributed by atoms with E-state index in [0.717, 1.165) is 5.56 Å². The zero-order valence-corrected chi connectivity index (χ0v) is 16.6. The van der Waals surface area contributed by atoms with Crippen LogP contribution in [-0.2, 0) is 27.8 Å². The molecule has 0 unspecified atom stereocenters. The first-order valence-corrected chi connectivity index (χ1v) is 10.7. The fourth-order valence-corrected chi connectivity index (χ4v) is 4.41. The van der Waals surface area contributed by atoms with Gasteiger partial charge in [0.1, 0.15) is 0 Å². The van der Waals surface area contributed by atoms with E-state index in [1.165, 1.54) is 17.0 Å². The van der Waals surface area contributed by atoms with Gasteiger partial charge >= 0.3 is 0 Å². The molecule has 3 rings (SSSR count). The third kappa shape index (κ3) is 5.02. The minimum atomic E-state index is -3.44. The second kappa shape index (κ2) is 9.07.